The van der Waals surface area contributed by atoms with Gasteiger partial charge in [0.05, 0.1) is 41.0 Å². The Balaban J connectivity index is 2.01. The van der Waals surface area contributed by atoms with Gasteiger partial charge < -0.3 is 14.9 Å². The Morgan fingerprint density at radius 3 is 1.17 bits per heavy atom. The summed E-state index contributed by atoms with van der Waals surface area (Å²) in [5, 5.41) is 43.8. The third-order valence-electron chi connectivity index (χ3n) is 6.47. The molecule has 0 aliphatic rings. The summed E-state index contributed by atoms with van der Waals surface area (Å²) < 4.78 is 83.4. The minimum Gasteiger partial charge on any atom is -0.477 e. The van der Waals surface area contributed by atoms with Crippen molar-refractivity contribution in [2.75, 3.05) is 0 Å². The van der Waals surface area contributed by atoms with Crippen molar-refractivity contribution in [1.29, 1.82) is 0 Å². The highest BCUT2D eigenvalue weighted by atomic mass is 79.9. The molecule has 0 heterocycles. The quantitative estimate of drug-likeness (QED) is 0.100. The molecule has 0 aliphatic heterocycles. The summed E-state index contributed by atoms with van der Waals surface area (Å²) in [6, 6.07) is 7.42. The van der Waals surface area contributed by atoms with Crippen LogP contribution in [-0.2, 0) is 12.4 Å². The minimum atomic E-state index is -4.78. The second-order valence-corrected chi connectivity index (χ2v) is 10.9. The SMILES string of the molecule is O=C(O)c1c(Br)c(Oc2cc(-c3ccc(C(F)(F)F)cc3)c([N+](=O)[O-])c(C(=O)O)c2Br)cc(-c2ccc(C(F)(F)F)cc2)c1[N+](=O)[O-]. The first kappa shape index (κ1) is 34.8. The van der Waals surface area contributed by atoms with E-state index >= 15 is 0 Å². The van der Waals surface area contributed by atoms with Crippen molar-refractivity contribution in [3.05, 3.63) is 112 Å². The van der Waals surface area contributed by atoms with Gasteiger partial charge in [-0.15, -0.1) is 0 Å². The fourth-order valence-corrected chi connectivity index (χ4v) is 5.51. The normalized spacial score (nSPS) is 11.7. The van der Waals surface area contributed by atoms with E-state index in [0.717, 1.165) is 36.4 Å². The van der Waals surface area contributed by atoms with Crippen molar-refractivity contribution in [3.8, 4) is 33.8 Å². The van der Waals surface area contributed by atoms with E-state index in [2.05, 4.69) is 31.9 Å². The lowest BCUT2D eigenvalue weighted by atomic mass is 9.97. The number of halogens is 8. The fourth-order valence-electron chi connectivity index (χ4n) is 4.40. The van der Waals surface area contributed by atoms with Gasteiger partial charge in [0.2, 0.25) is 0 Å². The molecule has 0 fully saturated rings. The molecule has 11 nitrogen and oxygen atoms in total. The van der Waals surface area contributed by atoms with Gasteiger partial charge in [0.15, 0.2) is 11.1 Å². The van der Waals surface area contributed by atoms with Crippen LogP contribution in [0, 0.1) is 20.2 Å². The number of ether oxygens (including phenoxy) is 1. The van der Waals surface area contributed by atoms with Crippen LogP contribution in [0.1, 0.15) is 31.8 Å². The molecule has 0 radical (unpaired) electrons. The maximum atomic E-state index is 13.1. The highest BCUT2D eigenvalue weighted by Crippen LogP contribution is 2.49. The zero-order valence-corrected chi connectivity index (χ0v) is 25.6. The zero-order valence-electron chi connectivity index (χ0n) is 22.4. The highest BCUT2D eigenvalue weighted by molar-refractivity contribution is 9.11. The van der Waals surface area contributed by atoms with Gasteiger partial charge in [-0.1, -0.05) is 24.3 Å². The molecule has 2 N–H and O–H groups in total. The van der Waals surface area contributed by atoms with Crippen molar-refractivity contribution in [2.45, 2.75) is 12.4 Å². The van der Waals surface area contributed by atoms with Gasteiger partial charge in [-0.3, -0.25) is 20.2 Å². The molecule has 0 aromatic heterocycles. The van der Waals surface area contributed by atoms with Crippen LogP contribution in [0.5, 0.6) is 11.5 Å². The molecule has 0 amide bonds. The number of rotatable bonds is 8. The number of nitro groups is 2. The number of benzene rings is 4. The van der Waals surface area contributed by atoms with Crippen LogP contribution < -0.4 is 4.74 Å². The number of alkyl halides is 6. The molecular formula is C28H12Br2F6N2O9. The molecule has 19 heteroatoms. The van der Waals surface area contributed by atoms with Gasteiger partial charge >= 0.3 is 24.3 Å². The first-order chi connectivity index (χ1) is 21.7. The lowest BCUT2D eigenvalue weighted by Gasteiger charge is -2.17. The van der Waals surface area contributed by atoms with E-state index in [9.17, 15) is 66.4 Å². The van der Waals surface area contributed by atoms with E-state index in [-0.39, 0.29) is 11.1 Å². The largest absolute Gasteiger partial charge is 0.477 e. The monoisotopic (exact) mass is 792 g/mol. The number of nitrogens with zero attached hydrogens (tertiary/aromatic N) is 2. The summed E-state index contributed by atoms with van der Waals surface area (Å²) in [6.07, 6.45) is -9.56. The van der Waals surface area contributed by atoms with Crippen LogP contribution in [-0.4, -0.2) is 32.0 Å². The van der Waals surface area contributed by atoms with Crippen molar-refractivity contribution in [2.24, 2.45) is 0 Å². The topological polar surface area (TPSA) is 170 Å². The van der Waals surface area contributed by atoms with Gasteiger partial charge in [-0.25, -0.2) is 9.59 Å². The number of carboxylic acid groups (broad SMARTS) is 2. The molecular weight excluding hydrogens is 782 g/mol. The average molecular weight is 794 g/mol. The number of hydrogen-bond donors (Lipinski definition) is 2. The maximum Gasteiger partial charge on any atom is 0.416 e. The number of nitro benzene ring substituents is 2. The molecule has 4 aromatic rings. The highest BCUT2D eigenvalue weighted by Gasteiger charge is 2.36. The molecule has 0 saturated carbocycles. The molecule has 244 valence electrons. The summed E-state index contributed by atoms with van der Waals surface area (Å²) in [7, 11) is 0. The van der Waals surface area contributed by atoms with Gasteiger partial charge in [0, 0.05) is 0 Å². The molecule has 4 rings (SSSR count). The lowest BCUT2D eigenvalue weighted by Crippen LogP contribution is -2.09. The summed E-state index contributed by atoms with van der Waals surface area (Å²) >= 11 is 5.79. The van der Waals surface area contributed by atoms with Crippen LogP contribution >= 0.6 is 31.9 Å². The Kier molecular flexibility index (Phi) is 9.36. The summed E-state index contributed by atoms with van der Waals surface area (Å²) in [6.45, 7) is 0. The Morgan fingerprint density at radius 1 is 0.638 bits per heavy atom. The van der Waals surface area contributed by atoms with Crippen molar-refractivity contribution in [3.63, 3.8) is 0 Å². The maximum absolute atomic E-state index is 13.1. The third-order valence-corrected chi connectivity index (χ3v) is 8.04. The van der Waals surface area contributed by atoms with Gasteiger partial charge in [-0.05, 0) is 79.4 Å². The van der Waals surface area contributed by atoms with Crippen LogP contribution in [0.3, 0.4) is 0 Å². The molecule has 47 heavy (non-hydrogen) atoms. The predicted octanol–water partition coefficient (Wildman–Crippen LogP) is 9.59. The Bertz CT molecular complexity index is 1820. The number of carbonyl (C=O) groups is 2. The summed E-state index contributed by atoms with van der Waals surface area (Å²) in [5.41, 5.74) is -8.02. The first-order valence-corrected chi connectivity index (χ1v) is 13.8. The van der Waals surface area contributed by atoms with E-state index in [1.165, 1.54) is 0 Å². The second kappa shape index (κ2) is 12.6. The second-order valence-electron chi connectivity index (χ2n) is 9.30. The van der Waals surface area contributed by atoms with E-state index in [1.54, 1.807) is 0 Å². The minimum absolute atomic E-state index is 0.260. The lowest BCUT2D eigenvalue weighted by molar-refractivity contribution is -0.384. The van der Waals surface area contributed by atoms with Gasteiger partial charge in [0.25, 0.3) is 11.4 Å². The molecule has 4 aromatic carbocycles. The Labute approximate surface area is 273 Å². The van der Waals surface area contributed by atoms with E-state index < -0.39 is 99.3 Å². The Morgan fingerprint density at radius 2 is 0.936 bits per heavy atom. The third kappa shape index (κ3) is 6.89. The number of carboxylic acids is 2. The summed E-state index contributed by atoms with van der Waals surface area (Å²) in [5.74, 6) is -4.93. The van der Waals surface area contributed by atoms with Crippen molar-refractivity contribution in [1.82, 2.24) is 0 Å². The predicted molar refractivity (Wildman–Crippen MR) is 156 cm³/mol. The average Bonchev–Trinajstić information content (AvgIpc) is 2.97. The van der Waals surface area contributed by atoms with Crippen LogP contribution in [0.4, 0.5) is 37.7 Å². The number of hydrogen-bond acceptors (Lipinski definition) is 7. The first-order valence-electron chi connectivity index (χ1n) is 12.3. The summed E-state index contributed by atoms with van der Waals surface area (Å²) in [4.78, 5) is 46.3. The van der Waals surface area contributed by atoms with E-state index in [1.807, 2.05) is 0 Å². The molecule has 0 atom stereocenters. The smallest absolute Gasteiger partial charge is 0.416 e. The van der Waals surface area contributed by atoms with E-state index in [0.29, 0.717) is 24.3 Å². The molecule has 0 spiro atoms. The van der Waals surface area contributed by atoms with E-state index in [4.69, 9.17) is 4.74 Å². The van der Waals surface area contributed by atoms with Crippen LogP contribution in [0.2, 0.25) is 0 Å². The zero-order chi connectivity index (χ0) is 35.2. The number of aromatic carboxylic acids is 2. The molecule has 0 saturated heterocycles. The fraction of sp³-hybridized carbons (Fsp3) is 0.0714. The van der Waals surface area contributed by atoms with Crippen LogP contribution in [0.25, 0.3) is 22.3 Å². The molecule has 0 aliphatic carbocycles. The molecule has 0 bridgehead atoms. The van der Waals surface area contributed by atoms with Crippen molar-refractivity contribution < 1.29 is 60.7 Å². The molecule has 0 unspecified atom stereocenters. The van der Waals surface area contributed by atoms with Crippen LogP contribution in [0.15, 0.2) is 69.6 Å². The van der Waals surface area contributed by atoms with Gasteiger partial charge in [0.1, 0.15) is 11.5 Å². The standard InChI is InChI=1S/C28H12Br2F6N2O9/c29-21-17(9-15(23(37(43)44)19(21)25(39)40)11-1-5-13(6-2-11)27(31,32)33)47-18-10-16(12-3-7-14(8-4-12)28(34,35)36)24(38(45)46)20(22(18)30)26(41)42/h1-10H,(H,39,40)(H,41,42). The van der Waals surface area contributed by atoms with Crippen molar-refractivity contribution >= 4 is 55.2 Å². The van der Waals surface area contributed by atoms with Gasteiger partial charge in [-0.2, -0.15) is 26.3 Å². The Hall–Kier alpha value is -5.04.